The molecule has 2 rings (SSSR count). The lowest BCUT2D eigenvalue weighted by Crippen LogP contribution is -2.49. The van der Waals surface area contributed by atoms with Crippen molar-refractivity contribution in [2.45, 2.75) is 59.5 Å². The van der Waals surface area contributed by atoms with Crippen molar-refractivity contribution >= 4 is 11.8 Å². The highest BCUT2D eigenvalue weighted by Crippen LogP contribution is 2.19. The lowest BCUT2D eigenvalue weighted by molar-refractivity contribution is -0.140. The Balaban J connectivity index is 2.33. The van der Waals surface area contributed by atoms with E-state index in [2.05, 4.69) is 11.4 Å². The molecule has 2 amide bonds. The first-order chi connectivity index (χ1) is 14.4. The van der Waals surface area contributed by atoms with Crippen molar-refractivity contribution in [3.05, 3.63) is 64.7 Å². The Bertz CT molecular complexity index is 863. The summed E-state index contributed by atoms with van der Waals surface area (Å²) in [5, 5.41) is 2.95. The van der Waals surface area contributed by atoms with Crippen LogP contribution in [0.5, 0.6) is 5.75 Å². The summed E-state index contributed by atoms with van der Waals surface area (Å²) in [6.07, 6.45) is 1.68. The molecular weight excluding hydrogens is 376 g/mol. The topological polar surface area (TPSA) is 58.6 Å². The average Bonchev–Trinajstić information content (AvgIpc) is 2.74. The predicted octanol–water partition coefficient (Wildman–Crippen LogP) is 4.19. The van der Waals surface area contributed by atoms with E-state index in [9.17, 15) is 9.59 Å². The molecule has 0 aliphatic rings. The molecule has 1 unspecified atom stereocenters. The monoisotopic (exact) mass is 410 g/mol. The molecule has 0 saturated carbocycles. The van der Waals surface area contributed by atoms with Gasteiger partial charge in [0, 0.05) is 13.1 Å². The van der Waals surface area contributed by atoms with E-state index in [4.69, 9.17) is 4.74 Å². The van der Waals surface area contributed by atoms with E-state index in [1.807, 2.05) is 64.1 Å². The van der Waals surface area contributed by atoms with Gasteiger partial charge in [-0.15, -0.1) is 0 Å². The van der Waals surface area contributed by atoms with Gasteiger partial charge in [0.05, 0.1) is 13.5 Å². The number of carbonyl (C=O) groups is 2. The molecule has 0 aromatic heterocycles. The summed E-state index contributed by atoms with van der Waals surface area (Å²) in [5.41, 5.74) is 4.14. The SMILES string of the molecule is CCCNC(=O)C(CC)N(Cc1cccc(OC)c1)C(=O)Cc1cc(C)ccc1C. The second-order valence-corrected chi connectivity index (χ2v) is 7.69. The minimum absolute atomic E-state index is 0.0509. The van der Waals surface area contributed by atoms with Gasteiger partial charge in [-0.25, -0.2) is 0 Å². The molecule has 2 aromatic carbocycles. The number of hydrogen-bond donors (Lipinski definition) is 1. The third-order valence-corrected chi connectivity index (χ3v) is 5.27. The van der Waals surface area contributed by atoms with E-state index in [0.29, 0.717) is 19.5 Å². The van der Waals surface area contributed by atoms with E-state index in [0.717, 1.165) is 34.4 Å². The van der Waals surface area contributed by atoms with Crippen LogP contribution >= 0.6 is 0 Å². The molecule has 0 bridgehead atoms. The van der Waals surface area contributed by atoms with Gasteiger partial charge in [0.15, 0.2) is 0 Å². The van der Waals surface area contributed by atoms with Crippen molar-refractivity contribution < 1.29 is 14.3 Å². The van der Waals surface area contributed by atoms with Gasteiger partial charge in [-0.05, 0) is 55.5 Å². The Kier molecular flexibility index (Phi) is 8.90. The zero-order valence-electron chi connectivity index (χ0n) is 18.8. The second kappa shape index (κ2) is 11.4. The molecule has 1 N–H and O–H groups in total. The number of nitrogens with zero attached hydrogens (tertiary/aromatic N) is 1. The predicted molar refractivity (Wildman–Crippen MR) is 121 cm³/mol. The van der Waals surface area contributed by atoms with Crippen LogP contribution < -0.4 is 10.1 Å². The van der Waals surface area contributed by atoms with Gasteiger partial charge in [0.2, 0.25) is 11.8 Å². The Morgan fingerprint density at radius 3 is 2.53 bits per heavy atom. The first-order valence-corrected chi connectivity index (χ1v) is 10.7. The largest absolute Gasteiger partial charge is 0.497 e. The van der Waals surface area contributed by atoms with Crippen LogP contribution in [0.2, 0.25) is 0 Å². The standard InChI is InChI=1S/C25H34N2O3/c1-6-13-26-25(29)23(7-2)27(17-20-9-8-10-22(15-20)30-5)24(28)16-21-14-18(3)11-12-19(21)4/h8-12,14-15,23H,6-7,13,16-17H2,1-5H3,(H,26,29). The molecule has 0 radical (unpaired) electrons. The Morgan fingerprint density at radius 1 is 1.10 bits per heavy atom. The lowest BCUT2D eigenvalue weighted by Gasteiger charge is -2.31. The maximum absolute atomic E-state index is 13.4. The number of amides is 2. The van der Waals surface area contributed by atoms with Crippen LogP contribution in [0.4, 0.5) is 0 Å². The maximum atomic E-state index is 13.4. The van der Waals surface area contributed by atoms with Gasteiger partial charge in [-0.1, -0.05) is 49.7 Å². The summed E-state index contributed by atoms with van der Waals surface area (Å²) in [7, 11) is 1.62. The molecule has 0 aliphatic heterocycles. The highest BCUT2D eigenvalue weighted by molar-refractivity contribution is 5.88. The molecule has 5 heteroatoms. The fourth-order valence-electron chi connectivity index (χ4n) is 3.51. The van der Waals surface area contributed by atoms with E-state index in [1.165, 1.54) is 0 Å². The molecule has 5 nitrogen and oxygen atoms in total. The van der Waals surface area contributed by atoms with Crippen molar-refractivity contribution in [1.82, 2.24) is 10.2 Å². The molecule has 0 spiro atoms. The van der Waals surface area contributed by atoms with E-state index < -0.39 is 6.04 Å². The maximum Gasteiger partial charge on any atom is 0.242 e. The minimum Gasteiger partial charge on any atom is -0.497 e. The zero-order chi connectivity index (χ0) is 22.1. The highest BCUT2D eigenvalue weighted by Gasteiger charge is 2.28. The summed E-state index contributed by atoms with van der Waals surface area (Å²) >= 11 is 0. The van der Waals surface area contributed by atoms with Crippen molar-refractivity contribution in [2.24, 2.45) is 0 Å². The van der Waals surface area contributed by atoms with Crippen molar-refractivity contribution in [3.8, 4) is 5.75 Å². The first-order valence-electron chi connectivity index (χ1n) is 10.7. The molecule has 0 aliphatic carbocycles. The summed E-state index contributed by atoms with van der Waals surface area (Å²) in [6.45, 7) is 8.96. The third kappa shape index (κ3) is 6.34. The minimum atomic E-state index is -0.514. The van der Waals surface area contributed by atoms with Crippen LogP contribution in [0, 0.1) is 13.8 Å². The number of nitrogens with one attached hydrogen (secondary N) is 1. The fraction of sp³-hybridized carbons (Fsp3) is 0.440. The van der Waals surface area contributed by atoms with E-state index >= 15 is 0 Å². The van der Waals surface area contributed by atoms with E-state index in [-0.39, 0.29) is 18.2 Å². The number of rotatable bonds is 10. The smallest absolute Gasteiger partial charge is 0.242 e. The molecule has 30 heavy (non-hydrogen) atoms. The van der Waals surface area contributed by atoms with Crippen LogP contribution in [0.1, 0.15) is 48.9 Å². The molecule has 162 valence electrons. The van der Waals surface area contributed by atoms with Gasteiger partial charge in [-0.3, -0.25) is 9.59 Å². The first kappa shape index (κ1) is 23.5. The van der Waals surface area contributed by atoms with Crippen molar-refractivity contribution in [3.63, 3.8) is 0 Å². The van der Waals surface area contributed by atoms with Crippen LogP contribution in [0.25, 0.3) is 0 Å². The number of benzene rings is 2. The molecule has 0 fully saturated rings. The Labute approximate surface area is 180 Å². The molecule has 0 heterocycles. The summed E-state index contributed by atoms with van der Waals surface area (Å²) in [4.78, 5) is 28.0. The van der Waals surface area contributed by atoms with Gasteiger partial charge in [-0.2, -0.15) is 0 Å². The normalized spacial score (nSPS) is 11.6. The third-order valence-electron chi connectivity index (χ3n) is 5.27. The van der Waals surface area contributed by atoms with Gasteiger partial charge in [0.1, 0.15) is 11.8 Å². The molecule has 2 aromatic rings. The van der Waals surface area contributed by atoms with Crippen molar-refractivity contribution in [1.29, 1.82) is 0 Å². The summed E-state index contributed by atoms with van der Waals surface area (Å²) < 4.78 is 5.33. The van der Waals surface area contributed by atoms with Gasteiger partial charge in [0.25, 0.3) is 0 Å². The number of ether oxygens (including phenoxy) is 1. The van der Waals surface area contributed by atoms with Gasteiger partial charge < -0.3 is 15.0 Å². The molecule has 1 atom stereocenters. The quantitative estimate of drug-likeness (QED) is 0.639. The summed E-state index contributed by atoms with van der Waals surface area (Å²) in [5.74, 6) is 0.583. The number of methoxy groups -OCH3 is 1. The number of aryl methyl sites for hydroxylation is 2. The zero-order valence-corrected chi connectivity index (χ0v) is 18.8. The number of carbonyl (C=O) groups excluding carboxylic acids is 2. The Morgan fingerprint density at radius 2 is 1.87 bits per heavy atom. The second-order valence-electron chi connectivity index (χ2n) is 7.69. The van der Waals surface area contributed by atoms with Crippen LogP contribution in [-0.2, 0) is 22.6 Å². The van der Waals surface area contributed by atoms with E-state index in [1.54, 1.807) is 12.0 Å². The van der Waals surface area contributed by atoms with Crippen LogP contribution in [0.15, 0.2) is 42.5 Å². The van der Waals surface area contributed by atoms with Crippen LogP contribution in [-0.4, -0.2) is 36.4 Å². The van der Waals surface area contributed by atoms with Gasteiger partial charge >= 0.3 is 0 Å². The average molecular weight is 411 g/mol. The fourth-order valence-corrected chi connectivity index (χ4v) is 3.51. The van der Waals surface area contributed by atoms with Crippen LogP contribution in [0.3, 0.4) is 0 Å². The Hall–Kier alpha value is -2.82. The highest BCUT2D eigenvalue weighted by atomic mass is 16.5. The lowest BCUT2D eigenvalue weighted by atomic mass is 10.0. The van der Waals surface area contributed by atoms with Crippen molar-refractivity contribution in [2.75, 3.05) is 13.7 Å². The molecule has 0 saturated heterocycles. The number of hydrogen-bond acceptors (Lipinski definition) is 3. The summed E-state index contributed by atoms with van der Waals surface area (Å²) in [6, 6.07) is 13.3. The molecular formula is C25H34N2O3.